The van der Waals surface area contributed by atoms with Crippen molar-refractivity contribution in [3.05, 3.63) is 13.2 Å². The van der Waals surface area contributed by atoms with Crippen LogP contribution in [0.4, 0.5) is 0 Å². The van der Waals surface area contributed by atoms with Gasteiger partial charge in [0.05, 0.1) is 14.9 Å². The summed E-state index contributed by atoms with van der Waals surface area (Å²) in [6.45, 7) is 6.00. The maximum absolute atomic E-state index is 8.60. The van der Waals surface area contributed by atoms with E-state index in [-0.39, 0.29) is 12.3 Å². The van der Waals surface area contributed by atoms with Crippen LogP contribution in [0.1, 0.15) is 0 Å². The van der Waals surface area contributed by atoms with Crippen molar-refractivity contribution in [2.75, 3.05) is 0 Å². The highest BCUT2D eigenvalue weighted by molar-refractivity contribution is 4.22. The molecule has 0 aliphatic rings. The molecule has 0 spiro atoms. The van der Waals surface area contributed by atoms with Crippen molar-refractivity contribution >= 4 is 0 Å². The smallest absolute Gasteiger partial charge is 0.0777 e. The molecule has 0 aromatic carbocycles. The Balaban J connectivity index is -0.0000000286. The van der Waals surface area contributed by atoms with Gasteiger partial charge in [-0.3, -0.25) is 0 Å². The van der Waals surface area contributed by atoms with E-state index in [0.717, 1.165) is 0 Å². The molecule has 0 aliphatic heterocycles. The maximum atomic E-state index is 8.60. The normalized spacial score (nSPS) is 7.11. The number of rotatable bonds is 0. The first-order valence-electron chi connectivity index (χ1n) is 1.13. The van der Waals surface area contributed by atoms with Crippen molar-refractivity contribution in [2.45, 2.75) is 0 Å². The summed E-state index contributed by atoms with van der Waals surface area (Å²) in [4.78, 5) is 0. The van der Waals surface area contributed by atoms with Gasteiger partial charge in [0.15, 0.2) is 0 Å². The van der Waals surface area contributed by atoms with Gasteiger partial charge < -0.3 is 12.3 Å². The fraction of sp³-hybridized carbons (Fsp3) is 0. The molecule has 7 heteroatoms. The molecule has 0 radical (unpaired) electrons. The molecule has 0 rings (SSSR count). The van der Waals surface area contributed by atoms with Gasteiger partial charge in [0, 0.05) is 0 Å². The summed E-state index contributed by atoms with van der Waals surface area (Å²) in [5.74, 6) is 0. The van der Waals surface area contributed by atoms with Crippen LogP contribution >= 0.6 is 0 Å². The molecule has 0 aromatic heterocycles. The van der Waals surface area contributed by atoms with E-state index in [4.69, 9.17) is 18.6 Å². The fourth-order valence-electron chi connectivity index (χ4n) is 0. The molecule has 0 unspecified atom stereocenters. The third-order valence-electron chi connectivity index (χ3n) is 0. The summed E-state index contributed by atoms with van der Waals surface area (Å²) in [6.07, 6.45) is 0. The van der Waals surface area contributed by atoms with Gasteiger partial charge in [-0.15, -0.1) is 13.2 Å². The first-order valence-corrected chi connectivity index (χ1v) is 2.40. The molecule has 0 amide bonds. The summed E-state index contributed by atoms with van der Waals surface area (Å²) in [7, 11) is -4.69. The van der Waals surface area contributed by atoms with Crippen LogP contribution in [-0.4, -0.2) is 4.66 Å². The zero-order chi connectivity index (χ0) is 6.50. The Hall–Kier alpha value is -0.210. The maximum Gasteiger partial charge on any atom is 0.0777 e. The molecular weight excluding hydrogens is 151 g/mol. The van der Waals surface area contributed by atoms with Crippen molar-refractivity contribution in [3.8, 4) is 0 Å². The highest BCUT2D eigenvalue weighted by atomic mass is 35.7. The molecule has 6 nitrogen and oxygen atoms in total. The summed E-state index contributed by atoms with van der Waals surface area (Å²) < 4.78 is 32.7. The van der Waals surface area contributed by atoms with Gasteiger partial charge in [-0.2, -0.15) is 14.0 Å². The van der Waals surface area contributed by atoms with E-state index in [1.807, 2.05) is 0 Å². The average Bonchev–Trinajstić information content (AvgIpc) is 1.36. The van der Waals surface area contributed by atoms with Gasteiger partial charge in [-0.25, -0.2) is 0 Å². The number of halogens is 1. The van der Waals surface area contributed by atoms with E-state index in [2.05, 4.69) is 13.2 Å². The van der Waals surface area contributed by atoms with Crippen LogP contribution < -0.4 is 26.3 Å². The van der Waals surface area contributed by atoms with E-state index >= 15 is 0 Å². The summed E-state index contributed by atoms with van der Waals surface area (Å²) in [6, 6.07) is 0. The monoisotopic (exact) mass is 162 g/mol. The Labute approximate surface area is 55.3 Å². The third kappa shape index (κ3) is 5920. The minimum absolute atomic E-state index is 0. The Morgan fingerprint density at radius 3 is 1.00 bits per heavy atom. The van der Waals surface area contributed by atoms with E-state index in [1.165, 1.54) is 0 Å². The Bertz CT molecular complexity index is 40.3. The summed E-state index contributed by atoms with van der Waals surface area (Å²) in [5, 5.41) is 0. The SMILES string of the molecule is C=C.N.N.[O-][Cl+3]([O-])([O-])O. The highest BCUT2D eigenvalue weighted by Gasteiger charge is 1.98. The van der Waals surface area contributed by atoms with Crippen molar-refractivity contribution in [1.29, 1.82) is 0 Å². The minimum Gasteiger partial charge on any atom is -0.344 e. The van der Waals surface area contributed by atoms with Crippen LogP contribution in [0.25, 0.3) is 0 Å². The molecule has 9 heavy (non-hydrogen) atoms. The lowest BCUT2D eigenvalue weighted by Crippen LogP contribution is -2.58. The molecule has 7 N–H and O–H groups in total. The predicted molar refractivity (Wildman–Crippen MR) is 23.5 cm³/mol. The van der Waals surface area contributed by atoms with Gasteiger partial charge in [0.25, 0.3) is 0 Å². The van der Waals surface area contributed by atoms with Crippen molar-refractivity contribution in [1.82, 2.24) is 12.3 Å². The molecule has 0 saturated carbocycles. The zero-order valence-corrected chi connectivity index (χ0v) is 5.63. The van der Waals surface area contributed by atoms with E-state index in [1.54, 1.807) is 0 Å². The van der Waals surface area contributed by atoms with Gasteiger partial charge in [0.2, 0.25) is 0 Å². The summed E-state index contributed by atoms with van der Waals surface area (Å²) in [5.41, 5.74) is 0. The first kappa shape index (κ1) is 23.2. The van der Waals surface area contributed by atoms with Gasteiger partial charge in [-0.1, -0.05) is 0 Å². The minimum atomic E-state index is -4.69. The quantitative estimate of drug-likeness (QED) is 0.322. The van der Waals surface area contributed by atoms with E-state index in [0.29, 0.717) is 0 Å². The van der Waals surface area contributed by atoms with Crippen LogP contribution in [0, 0.1) is 10.2 Å². The molecule has 0 saturated heterocycles. The van der Waals surface area contributed by atoms with Crippen LogP contribution in [0.2, 0.25) is 0 Å². The van der Waals surface area contributed by atoms with Crippen LogP contribution in [0.5, 0.6) is 0 Å². The van der Waals surface area contributed by atoms with Crippen molar-refractivity contribution < 1.29 is 28.9 Å². The van der Waals surface area contributed by atoms with Crippen LogP contribution in [0.3, 0.4) is 0 Å². The molecule has 0 aliphatic carbocycles. The van der Waals surface area contributed by atoms with Gasteiger partial charge in [-0.05, 0) is 0 Å². The standard InChI is InChI=1S/C2H4.ClHO4.2H3N/c1-2;2-1(3,4)5;;/h1-2H2;(H,2,3,4,5);2*1H3. The van der Waals surface area contributed by atoms with Gasteiger partial charge in [0.1, 0.15) is 0 Å². The topological polar surface area (TPSA) is 159 Å². The third-order valence-corrected chi connectivity index (χ3v) is 0. The molecule has 60 valence electrons. The van der Waals surface area contributed by atoms with E-state index in [9.17, 15) is 0 Å². The lowest BCUT2D eigenvalue weighted by molar-refractivity contribution is -1.92. The van der Waals surface area contributed by atoms with Crippen molar-refractivity contribution in [3.63, 3.8) is 0 Å². The van der Waals surface area contributed by atoms with Crippen molar-refractivity contribution in [2.24, 2.45) is 0 Å². The number of hydrogen-bond acceptors (Lipinski definition) is 6. The van der Waals surface area contributed by atoms with Crippen LogP contribution in [-0.2, 0) is 0 Å². The zero-order valence-electron chi connectivity index (χ0n) is 4.88. The lowest BCUT2D eigenvalue weighted by atomic mass is 11.3. The Morgan fingerprint density at radius 1 is 1.00 bits per heavy atom. The largest absolute Gasteiger partial charge is 0.344 e. The number of hydrogen-bond donors (Lipinski definition) is 3. The Morgan fingerprint density at radius 2 is 1.00 bits per heavy atom. The average molecular weight is 163 g/mol. The molecular formula is C2H11ClN2O4. The second kappa shape index (κ2) is 10.7. The predicted octanol–water partition coefficient (Wildman–Crippen LogP) is -3.00. The molecule has 0 atom stereocenters. The van der Waals surface area contributed by atoms with E-state index < -0.39 is 10.2 Å². The molecule has 0 fully saturated rings. The molecule has 0 bridgehead atoms. The first-order chi connectivity index (χ1) is 3.00. The Kier molecular flexibility index (Phi) is 27.7. The molecule has 0 heterocycles. The lowest BCUT2D eigenvalue weighted by Gasteiger charge is -2.03. The second-order valence-corrected chi connectivity index (χ2v) is 1.19. The van der Waals surface area contributed by atoms with Gasteiger partial charge >= 0.3 is 0 Å². The second-order valence-electron chi connectivity index (χ2n) is 0.396. The highest BCUT2D eigenvalue weighted by Crippen LogP contribution is 1.60. The molecule has 0 aromatic rings. The fourth-order valence-corrected chi connectivity index (χ4v) is 0. The summed E-state index contributed by atoms with van der Waals surface area (Å²) >= 11 is 0. The van der Waals surface area contributed by atoms with Crippen LogP contribution in [0.15, 0.2) is 13.2 Å².